The molecule has 0 saturated carbocycles. The van der Waals surface area contributed by atoms with E-state index in [9.17, 15) is 9.90 Å². The first-order valence-corrected chi connectivity index (χ1v) is 8.34. The Bertz CT molecular complexity index is 928. The molecule has 0 radical (unpaired) electrons. The zero-order chi connectivity index (χ0) is 17.1. The van der Waals surface area contributed by atoms with E-state index in [-0.39, 0.29) is 5.56 Å². The highest BCUT2D eigenvalue weighted by atomic mass is 127. The van der Waals surface area contributed by atoms with Gasteiger partial charge < -0.3 is 9.52 Å². The molecule has 5 heteroatoms. The normalized spacial score (nSPS) is 11.1. The van der Waals surface area contributed by atoms with E-state index < -0.39 is 5.97 Å². The van der Waals surface area contributed by atoms with Crippen molar-refractivity contribution in [3.63, 3.8) is 0 Å². The second-order valence-electron chi connectivity index (χ2n) is 5.27. The molecule has 1 heterocycles. The Kier molecular flexibility index (Phi) is 4.80. The maximum Gasteiger partial charge on any atom is 0.335 e. The number of hydrogen-bond acceptors (Lipinski definition) is 3. The molecule has 0 bridgehead atoms. The number of aliphatic imine (C=N–C) groups is 1. The van der Waals surface area contributed by atoms with E-state index in [1.54, 1.807) is 25.3 Å². The molecule has 1 aromatic heterocycles. The Labute approximate surface area is 153 Å². The molecular weight excluding hydrogens is 417 g/mol. The first-order valence-electron chi connectivity index (χ1n) is 7.27. The summed E-state index contributed by atoms with van der Waals surface area (Å²) < 4.78 is 6.87. The lowest BCUT2D eigenvalue weighted by Crippen LogP contribution is -1.99. The number of carbonyl (C=O) groups is 1. The minimum absolute atomic E-state index is 0.276. The number of hydrogen-bond donors (Lipinski definition) is 1. The largest absolute Gasteiger partial charge is 0.478 e. The predicted octanol–water partition coefficient (Wildman–Crippen LogP) is 5.31. The average molecular weight is 431 g/mol. The molecular formula is C19H14INO3. The lowest BCUT2D eigenvalue weighted by molar-refractivity contribution is 0.0696. The third kappa shape index (κ3) is 3.73. The molecule has 3 aromatic rings. The molecule has 0 amide bonds. The third-order valence-electron chi connectivity index (χ3n) is 3.53. The van der Waals surface area contributed by atoms with Crippen LogP contribution in [0.25, 0.3) is 11.3 Å². The summed E-state index contributed by atoms with van der Waals surface area (Å²) in [6.07, 6.45) is 1.65. The number of nitrogens with zero attached hydrogens (tertiary/aromatic N) is 1. The quantitative estimate of drug-likeness (QED) is 0.450. The van der Waals surface area contributed by atoms with Crippen molar-refractivity contribution in [1.82, 2.24) is 0 Å². The van der Waals surface area contributed by atoms with Gasteiger partial charge in [0.2, 0.25) is 0 Å². The van der Waals surface area contributed by atoms with Crippen LogP contribution in [0.2, 0.25) is 0 Å². The summed E-state index contributed by atoms with van der Waals surface area (Å²) in [5.74, 6) is 0.282. The number of benzene rings is 2. The summed E-state index contributed by atoms with van der Waals surface area (Å²) in [6.45, 7) is 1.77. The second-order valence-corrected chi connectivity index (χ2v) is 6.52. The summed E-state index contributed by atoms with van der Waals surface area (Å²) in [6, 6.07) is 16.7. The topological polar surface area (TPSA) is 62.8 Å². The van der Waals surface area contributed by atoms with Gasteiger partial charge in [-0.15, -0.1) is 0 Å². The number of carboxylic acids is 1. The van der Waals surface area contributed by atoms with Crippen molar-refractivity contribution >= 4 is 40.5 Å². The minimum Gasteiger partial charge on any atom is -0.478 e. The van der Waals surface area contributed by atoms with Crippen molar-refractivity contribution in [2.45, 2.75) is 6.92 Å². The highest BCUT2D eigenvalue weighted by Gasteiger charge is 2.11. The maximum absolute atomic E-state index is 11.2. The molecule has 0 saturated heterocycles. The molecule has 4 nitrogen and oxygen atoms in total. The van der Waals surface area contributed by atoms with E-state index in [1.165, 1.54) is 0 Å². The summed E-state index contributed by atoms with van der Waals surface area (Å²) >= 11 is 2.24. The number of aryl methyl sites for hydroxylation is 1. The molecule has 0 unspecified atom stereocenters. The van der Waals surface area contributed by atoms with Crippen LogP contribution in [0.5, 0.6) is 0 Å². The highest BCUT2D eigenvalue weighted by Crippen LogP contribution is 2.25. The molecule has 0 spiro atoms. The third-order valence-corrected chi connectivity index (χ3v) is 4.20. The lowest BCUT2D eigenvalue weighted by atomic mass is 10.0. The van der Waals surface area contributed by atoms with Gasteiger partial charge in [-0.1, -0.05) is 18.2 Å². The Morgan fingerprint density at radius 1 is 1.17 bits per heavy atom. The zero-order valence-electron chi connectivity index (χ0n) is 12.9. The van der Waals surface area contributed by atoms with Crippen LogP contribution in [-0.2, 0) is 0 Å². The van der Waals surface area contributed by atoms with Gasteiger partial charge in [0.25, 0.3) is 0 Å². The van der Waals surface area contributed by atoms with Crippen molar-refractivity contribution in [2.75, 3.05) is 0 Å². The highest BCUT2D eigenvalue weighted by molar-refractivity contribution is 14.1. The molecule has 120 valence electrons. The minimum atomic E-state index is -0.943. The van der Waals surface area contributed by atoms with Crippen LogP contribution < -0.4 is 0 Å². The molecule has 3 rings (SSSR count). The molecule has 0 fully saturated rings. The van der Waals surface area contributed by atoms with Crippen LogP contribution in [0, 0.1) is 10.5 Å². The molecule has 24 heavy (non-hydrogen) atoms. The zero-order valence-corrected chi connectivity index (χ0v) is 15.0. The van der Waals surface area contributed by atoms with Crippen LogP contribution in [0.1, 0.15) is 21.7 Å². The first-order chi connectivity index (χ1) is 11.5. The van der Waals surface area contributed by atoms with E-state index in [0.717, 1.165) is 20.4 Å². The van der Waals surface area contributed by atoms with Crippen LogP contribution >= 0.6 is 22.6 Å². The molecule has 0 aliphatic heterocycles. The van der Waals surface area contributed by atoms with Gasteiger partial charge in [0, 0.05) is 9.13 Å². The summed E-state index contributed by atoms with van der Waals surface area (Å²) in [4.78, 5) is 15.6. The Balaban J connectivity index is 1.86. The van der Waals surface area contributed by atoms with Crippen molar-refractivity contribution in [3.05, 3.63) is 75.1 Å². The molecule has 0 aliphatic rings. The summed E-state index contributed by atoms with van der Waals surface area (Å²) in [5.41, 5.74) is 2.58. The summed E-state index contributed by atoms with van der Waals surface area (Å²) in [5, 5.41) is 9.22. The van der Waals surface area contributed by atoms with Crippen molar-refractivity contribution in [1.29, 1.82) is 0 Å². The fourth-order valence-corrected chi connectivity index (χ4v) is 2.80. The lowest BCUT2D eigenvalue weighted by Gasteiger charge is -2.03. The smallest absolute Gasteiger partial charge is 0.335 e. The summed E-state index contributed by atoms with van der Waals surface area (Å²) in [7, 11) is 0. The number of carboxylic acid groups (broad SMARTS) is 1. The first kappa shape index (κ1) is 16.4. The number of rotatable bonds is 4. The van der Waals surface area contributed by atoms with Crippen molar-refractivity contribution in [2.24, 2.45) is 4.99 Å². The SMILES string of the molecule is Cc1ccc(-c2ccc(C=Nc3cccc(I)c3)o2)cc1C(=O)O. The van der Waals surface area contributed by atoms with Crippen molar-refractivity contribution < 1.29 is 14.3 Å². The van der Waals surface area contributed by atoms with Gasteiger partial charge >= 0.3 is 5.97 Å². The molecule has 0 aliphatic carbocycles. The fourth-order valence-electron chi connectivity index (χ4n) is 2.28. The van der Waals surface area contributed by atoms with Gasteiger partial charge in [0.15, 0.2) is 0 Å². The van der Waals surface area contributed by atoms with E-state index in [2.05, 4.69) is 27.6 Å². The van der Waals surface area contributed by atoms with Crippen LogP contribution in [0.15, 0.2) is 64.0 Å². The average Bonchev–Trinajstić information content (AvgIpc) is 3.02. The van der Waals surface area contributed by atoms with Gasteiger partial charge in [0.1, 0.15) is 11.5 Å². The van der Waals surface area contributed by atoms with Crippen LogP contribution in [0.4, 0.5) is 5.69 Å². The fraction of sp³-hybridized carbons (Fsp3) is 0.0526. The van der Waals surface area contributed by atoms with E-state index in [4.69, 9.17) is 4.42 Å². The standard InChI is InChI=1S/C19H14INO3/c1-12-5-6-13(9-17(12)19(22)23)18-8-7-16(24-18)11-21-15-4-2-3-14(20)10-15/h2-11H,1H3,(H,22,23). The Morgan fingerprint density at radius 3 is 2.75 bits per heavy atom. The maximum atomic E-state index is 11.2. The molecule has 0 atom stereocenters. The van der Waals surface area contributed by atoms with E-state index >= 15 is 0 Å². The predicted molar refractivity (Wildman–Crippen MR) is 102 cm³/mol. The van der Waals surface area contributed by atoms with Crippen molar-refractivity contribution in [3.8, 4) is 11.3 Å². The number of halogens is 1. The Morgan fingerprint density at radius 2 is 2.00 bits per heavy atom. The van der Waals surface area contributed by atoms with E-state index in [0.29, 0.717) is 11.5 Å². The molecule has 1 N–H and O–H groups in total. The van der Waals surface area contributed by atoms with E-state index in [1.807, 2.05) is 42.5 Å². The van der Waals surface area contributed by atoms with Gasteiger partial charge in [-0.05, 0) is 71.5 Å². The van der Waals surface area contributed by atoms with Crippen LogP contribution in [-0.4, -0.2) is 17.3 Å². The second kappa shape index (κ2) is 7.00. The van der Waals surface area contributed by atoms with Gasteiger partial charge in [-0.25, -0.2) is 4.79 Å². The van der Waals surface area contributed by atoms with Crippen LogP contribution in [0.3, 0.4) is 0 Å². The Hall–Kier alpha value is -2.41. The number of aromatic carboxylic acids is 1. The van der Waals surface area contributed by atoms with Gasteiger partial charge in [0.05, 0.1) is 17.5 Å². The molecule has 2 aromatic carbocycles. The number of furan rings is 1. The van der Waals surface area contributed by atoms with Gasteiger partial charge in [-0.3, -0.25) is 4.99 Å². The van der Waals surface area contributed by atoms with Gasteiger partial charge in [-0.2, -0.15) is 0 Å². The monoisotopic (exact) mass is 431 g/mol.